The third-order valence-electron chi connectivity index (χ3n) is 16.4. The Morgan fingerprint density at radius 2 is 0.558 bits per heavy atom. The zero-order chi connectivity index (χ0) is 63.9. The Labute approximate surface area is 524 Å². The molecule has 0 aliphatic heterocycles. The molecule has 0 fully saturated rings. The Morgan fingerprint density at radius 1 is 0.326 bits per heavy atom. The summed E-state index contributed by atoms with van der Waals surface area (Å²) in [5.41, 5.74) is 0. The molecule has 0 aliphatic rings. The number of hydrogen-bond acceptors (Lipinski definition) is 15. The molecule has 0 aromatic rings. The van der Waals surface area contributed by atoms with Crippen LogP contribution in [0.3, 0.4) is 0 Å². The molecule has 19 heteroatoms. The summed E-state index contributed by atoms with van der Waals surface area (Å²) in [7, 11) is -9.90. The smallest absolute Gasteiger partial charge is 0.462 e. The lowest BCUT2D eigenvalue weighted by Crippen LogP contribution is -2.30. The summed E-state index contributed by atoms with van der Waals surface area (Å²) in [6.07, 6.45) is 37.5. The molecule has 0 radical (unpaired) electrons. The van der Waals surface area contributed by atoms with Gasteiger partial charge in [-0.25, -0.2) is 9.13 Å². The van der Waals surface area contributed by atoms with Gasteiger partial charge < -0.3 is 33.8 Å². The van der Waals surface area contributed by atoms with Gasteiger partial charge in [0.1, 0.15) is 19.3 Å². The third-order valence-corrected chi connectivity index (χ3v) is 18.3. The molecule has 0 bridgehead atoms. The molecular weight excluding hydrogens is 1140 g/mol. The van der Waals surface area contributed by atoms with E-state index in [0.29, 0.717) is 31.6 Å². The molecule has 0 spiro atoms. The Kier molecular flexibility index (Phi) is 55.7. The van der Waals surface area contributed by atoms with Crippen molar-refractivity contribution >= 4 is 39.5 Å². The molecule has 0 amide bonds. The second-order valence-electron chi connectivity index (χ2n) is 25.4. The van der Waals surface area contributed by atoms with E-state index in [9.17, 15) is 43.2 Å². The Bertz CT molecular complexity index is 1720. The van der Waals surface area contributed by atoms with Crippen LogP contribution in [0, 0.1) is 23.7 Å². The van der Waals surface area contributed by atoms with Crippen LogP contribution in [0.1, 0.15) is 325 Å². The van der Waals surface area contributed by atoms with E-state index in [1.165, 1.54) is 116 Å². The molecule has 510 valence electrons. The Balaban J connectivity index is 5.27. The standard InChI is InChI=1S/C67H130O17P2/c1-9-58(6)44-36-28-20-14-12-13-15-22-33-41-49-66(71)83-63(54-78-65(70)48-40-32-26-25-30-38-46-60(8)11-3)56-82-86(75,76)80-52-61(68)51-79-85(73,74)81-55-62(53-77-64(69)47-39-31-24-18-19-27-35-43-57(4)5)84-67(72)50-42-34-23-17-16-21-29-37-45-59(7)10-2/h57-63,68H,9-56H2,1-8H3,(H,73,74)(H,75,76)/t58?,59?,60?,61-,62-,63-/m1/s1. The van der Waals surface area contributed by atoms with Crippen LogP contribution in [0.15, 0.2) is 0 Å². The predicted molar refractivity (Wildman–Crippen MR) is 344 cm³/mol. The molecule has 0 aromatic heterocycles. The van der Waals surface area contributed by atoms with Crippen LogP contribution >= 0.6 is 15.6 Å². The molecule has 17 nitrogen and oxygen atoms in total. The van der Waals surface area contributed by atoms with Crippen molar-refractivity contribution in [3.8, 4) is 0 Å². The van der Waals surface area contributed by atoms with Gasteiger partial charge in [0.15, 0.2) is 12.2 Å². The molecule has 0 heterocycles. The molecule has 0 saturated carbocycles. The van der Waals surface area contributed by atoms with Gasteiger partial charge in [-0.3, -0.25) is 37.3 Å². The maximum absolute atomic E-state index is 13.0. The fraction of sp³-hybridized carbons (Fsp3) is 0.940. The lowest BCUT2D eigenvalue weighted by atomic mass is 9.99. The van der Waals surface area contributed by atoms with Gasteiger partial charge in [0.05, 0.1) is 26.4 Å². The Morgan fingerprint density at radius 3 is 0.826 bits per heavy atom. The average Bonchev–Trinajstić information content (AvgIpc) is 3.66. The van der Waals surface area contributed by atoms with Gasteiger partial charge in [-0.1, -0.05) is 274 Å². The molecule has 0 saturated heterocycles. The van der Waals surface area contributed by atoms with Crippen LogP contribution < -0.4 is 0 Å². The van der Waals surface area contributed by atoms with E-state index < -0.39 is 97.5 Å². The van der Waals surface area contributed by atoms with Crippen LogP contribution in [0.25, 0.3) is 0 Å². The first-order chi connectivity index (χ1) is 41.2. The zero-order valence-corrected chi connectivity index (χ0v) is 57.7. The summed E-state index contributed by atoms with van der Waals surface area (Å²) in [6.45, 7) is 14.0. The summed E-state index contributed by atoms with van der Waals surface area (Å²) >= 11 is 0. The molecule has 0 aliphatic carbocycles. The van der Waals surface area contributed by atoms with Gasteiger partial charge in [-0.15, -0.1) is 0 Å². The number of phosphoric ester groups is 2. The molecule has 86 heavy (non-hydrogen) atoms. The van der Waals surface area contributed by atoms with Crippen molar-refractivity contribution in [2.45, 2.75) is 343 Å². The number of aliphatic hydroxyl groups excluding tert-OH is 1. The van der Waals surface area contributed by atoms with Crippen molar-refractivity contribution in [2.24, 2.45) is 23.7 Å². The minimum Gasteiger partial charge on any atom is -0.462 e. The first kappa shape index (κ1) is 84.1. The number of unbranched alkanes of at least 4 members (excludes halogenated alkanes) is 27. The normalized spacial score (nSPS) is 15.3. The van der Waals surface area contributed by atoms with Crippen molar-refractivity contribution in [2.75, 3.05) is 39.6 Å². The van der Waals surface area contributed by atoms with Crippen molar-refractivity contribution in [1.82, 2.24) is 0 Å². The molecule has 0 rings (SSSR count). The first-order valence-corrected chi connectivity index (χ1v) is 37.8. The second-order valence-corrected chi connectivity index (χ2v) is 28.3. The monoisotopic (exact) mass is 1270 g/mol. The first-order valence-electron chi connectivity index (χ1n) is 34.8. The van der Waals surface area contributed by atoms with E-state index in [2.05, 4.69) is 55.4 Å². The lowest BCUT2D eigenvalue weighted by molar-refractivity contribution is -0.161. The fourth-order valence-corrected chi connectivity index (χ4v) is 11.4. The SMILES string of the molecule is CCC(C)CCCCCCCCCCCCC(=O)O[C@H](COC(=O)CCCCCCCCC(C)CC)COP(=O)(O)OC[C@H](O)COP(=O)(O)OC[C@@H](COC(=O)CCCCCCCCCC(C)C)OC(=O)CCCCCCCCCCC(C)CC. The summed E-state index contributed by atoms with van der Waals surface area (Å²) in [4.78, 5) is 72.4. The minimum absolute atomic E-state index is 0.103. The van der Waals surface area contributed by atoms with Gasteiger partial charge in [0.2, 0.25) is 0 Å². The highest BCUT2D eigenvalue weighted by atomic mass is 31.2. The van der Waals surface area contributed by atoms with E-state index in [1.807, 2.05) is 0 Å². The van der Waals surface area contributed by atoms with Gasteiger partial charge in [0.25, 0.3) is 0 Å². The summed E-state index contributed by atoms with van der Waals surface area (Å²) in [5, 5.41) is 10.6. The van der Waals surface area contributed by atoms with E-state index in [-0.39, 0.29) is 25.7 Å². The second kappa shape index (κ2) is 57.0. The number of hydrogen-bond donors (Lipinski definition) is 3. The van der Waals surface area contributed by atoms with E-state index in [4.69, 9.17) is 37.0 Å². The minimum atomic E-state index is -4.95. The number of rotatable bonds is 64. The topological polar surface area (TPSA) is 237 Å². The molecule has 3 N–H and O–H groups in total. The molecular formula is C67H130O17P2. The van der Waals surface area contributed by atoms with Gasteiger partial charge in [-0.05, 0) is 49.4 Å². The largest absolute Gasteiger partial charge is 0.472 e. The highest BCUT2D eigenvalue weighted by Crippen LogP contribution is 2.45. The van der Waals surface area contributed by atoms with Gasteiger partial charge in [-0.2, -0.15) is 0 Å². The summed E-state index contributed by atoms with van der Waals surface area (Å²) in [6, 6.07) is 0. The van der Waals surface area contributed by atoms with Crippen molar-refractivity contribution in [3.05, 3.63) is 0 Å². The van der Waals surface area contributed by atoms with Crippen LogP contribution in [0.5, 0.6) is 0 Å². The van der Waals surface area contributed by atoms with Crippen LogP contribution in [0.2, 0.25) is 0 Å². The number of carbonyl (C=O) groups excluding carboxylic acids is 4. The molecule has 8 atom stereocenters. The number of phosphoric acid groups is 2. The fourth-order valence-electron chi connectivity index (χ4n) is 9.86. The number of carbonyl (C=O) groups is 4. The van der Waals surface area contributed by atoms with Crippen LogP contribution in [-0.2, 0) is 65.4 Å². The lowest BCUT2D eigenvalue weighted by Gasteiger charge is -2.21. The third kappa shape index (κ3) is 57.2. The van der Waals surface area contributed by atoms with E-state index >= 15 is 0 Å². The summed E-state index contributed by atoms with van der Waals surface area (Å²) < 4.78 is 68.1. The highest BCUT2D eigenvalue weighted by Gasteiger charge is 2.30. The Hall–Kier alpha value is -1.94. The quantitative estimate of drug-likeness (QED) is 0.0222. The maximum atomic E-state index is 13.0. The number of aliphatic hydroxyl groups is 1. The predicted octanol–water partition coefficient (Wildman–Crippen LogP) is 18.5. The maximum Gasteiger partial charge on any atom is 0.472 e. The molecule has 0 aromatic carbocycles. The van der Waals surface area contributed by atoms with Crippen molar-refractivity contribution in [1.29, 1.82) is 0 Å². The van der Waals surface area contributed by atoms with Crippen LogP contribution in [-0.4, -0.2) is 96.7 Å². The van der Waals surface area contributed by atoms with Crippen molar-refractivity contribution < 1.29 is 80.2 Å². The average molecular weight is 1270 g/mol. The number of ether oxygens (including phenoxy) is 4. The highest BCUT2D eigenvalue weighted by molar-refractivity contribution is 7.47. The van der Waals surface area contributed by atoms with E-state index in [1.54, 1.807) is 0 Å². The van der Waals surface area contributed by atoms with E-state index in [0.717, 1.165) is 120 Å². The number of esters is 4. The van der Waals surface area contributed by atoms with Crippen molar-refractivity contribution in [3.63, 3.8) is 0 Å². The molecule has 5 unspecified atom stereocenters. The van der Waals surface area contributed by atoms with Crippen LogP contribution in [0.4, 0.5) is 0 Å². The summed E-state index contributed by atoms with van der Waals surface area (Å²) in [5.74, 6) is 0.872. The zero-order valence-electron chi connectivity index (χ0n) is 55.9. The van der Waals surface area contributed by atoms with Gasteiger partial charge >= 0.3 is 39.5 Å². The van der Waals surface area contributed by atoms with Gasteiger partial charge in [0, 0.05) is 25.7 Å².